The summed E-state index contributed by atoms with van der Waals surface area (Å²) in [5, 5.41) is 23.4. The van der Waals surface area contributed by atoms with Crippen LogP contribution in [0.5, 0.6) is 5.75 Å². The number of carbonyl (C=O) groups is 2. The molecule has 2 amide bonds. The first-order valence-electron chi connectivity index (χ1n) is 7.08. The lowest BCUT2D eigenvalue weighted by molar-refractivity contribution is -0.139. The lowest BCUT2D eigenvalue weighted by Crippen LogP contribution is -2.47. The van der Waals surface area contributed by atoms with Gasteiger partial charge < -0.3 is 20.8 Å². The summed E-state index contributed by atoms with van der Waals surface area (Å²) in [5.74, 6) is -0.973. The Morgan fingerprint density at radius 2 is 1.86 bits per heavy atom. The number of carboxylic acid groups (broad SMARTS) is 1. The van der Waals surface area contributed by atoms with Gasteiger partial charge in [0.25, 0.3) is 0 Å². The van der Waals surface area contributed by atoms with Gasteiger partial charge in [-0.15, -0.1) is 0 Å². The number of aromatic hydroxyl groups is 1. The number of rotatable bonds is 8. The molecule has 6 heteroatoms. The molecule has 0 heterocycles. The maximum atomic E-state index is 11.6. The molecule has 116 valence electrons. The summed E-state index contributed by atoms with van der Waals surface area (Å²) in [6.45, 7) is 2.60. The van der Waals surface area contributed by atoms with Crippen LogP contribution in [-0.4, -0.2) is 34.8 Å². The Kier molecular flexibility index (Phi) is 7.08. The molecule has 0 aliphatic rings. The van der Waals surface area contributed by atoms with Crippen molar-refractivity contribution in [2.75, 3.05) is 6.54 Å². The molecule has 0 fully saturated rings. The molecule has 6 nitrogen and oxygen atoms in total. The van der Waals surface area contributed by atoms with Crippen molar-refractivity contribution in [3.63, 3.8) is 0 Å². The van der Waals surface area contributed by atoms with Gasteiger partial charge in [0.15, 0.2) is 0 Å². The lowest BCUT2D eigenvalue weighted by Gasteiger charge is -2.15. The van der Waals surface area contributed by atoms with Crippen LogP contribution in [-0.2, 0) is 11.2 Å². The number of amides is 2. The summed E-state index contributed by atoms with van der Waals surface area (Å²) < 4.78 is 0. The molecule has 21 heavy (non-hydrogen) atoms. The van der Waals surface area contributed by atoms with Gasteiger partial charge in [0.2, 0.25) is 0 Å². The van der Waals surface area contributed by atoms with Crippen molar-refractivity contribution in [2.24, 2.45) is 0 Å². The van der Waals surface area contributed by atoms with E-state index in [4.69, 9.17) is 5.11 Å². The zero-order chi connectivity index (χ0) is 15.7. The van der Waals surface area contributed by atoms with Crippen LogP contribution in [0.25, 0.3) is 0 Å². The highest BCUT2D eigenvalue weighted by Gasteiger charge is 2.20. The molecule has 1 unspecified atom stereocenters. The van der Waals surface area contributed by atoms with Gasteiger partial charge in [0, 0.05) is 13.0 Å². The second-order valence-corrected chi connectivity index (χ2v) is 4.87. The van der Waals surface area contributed by atoms with Gasteiger partial charge in [0.1, 0.15) is 11.8 Å². The summed E-state index contributed by atoms with van der Waals surface area (Å²) in [6.07, 6.45) is 3.12. The Labute approximate surface area is 124 Å². The van der Waals surface area contributed by atoms with Crippen LogP contribution in [0.4, 0.5) is 4.79 Å². The van der Waals surface area contributed by atoms with Gasteiger partial charge in [-0.2, -0.15) is 0 Å². The Morgan fingerprint density at radius 1 is 1.19 bits per heavy atom. The van der Waals surface area contributed by atoms with Crippen molar-refractivity contribution in [3.05, 3.63) is 29.8 Å². The van der Waals surface area contributed by atoms with Crippen LogP contribution in [0.15, 0.2) is 24.3 Å². The number of urea groups is 1. The highest BCUT2D eigenvalue weighted by molar-refractivity contribution is 5.82. The molecule has 1 atom stereocenters. The quantitative estimate of drug-likeness (QED) is 0.550. The molecule has 0 aliphatic carbocycles. The Morgan fingerprint density at radius 3 is 2.43 bits per heavy atom. The number of carbonyl (C=O) groups excluding carboxylic acids is 1. The fraction of sp³-hybridized carbons (Fsp3) is 0.467. The van der Waals surface area contributed by atoms with Crippen molar-refractivity contribution in [1.29, 1.82) is 0 Å². The maximum Gasteiger partial charge on any atom is 0.326 e. The van der Waals surface area contributed by atoms with E-state index >= 15 is 0 Å². The van der Waals surface area contributed by atoms with E-state index in [1.807, 2.05) is 0 Å². The lowest BCUT2D eigenvalue weighted by atomic mass is 10.1. The Hall–Kier alpha value is -2.24. The van der Waals surface area contributed by atoms with Gasteiger partial charge in [-0.1, -0.05) is 31.9 Å². The average molecular weight is 294 g/mol. The van der Waals surface area contributed by atoms with Gasteiger partial charge in [-0.25, -0.2) is 9.59 Å². The molecular formula is C15H22N2O4. The van der Waals surface area contributed by atoms with Crippen molar-refractivity contribution in [3.8, 4) is 5.75 Å². The SMILES string of the molecule is CCCCCNC(=O)NC(Cc1ccc(O)cc1)C(=O)O. The van der Waals surface area contributed by atoms with E-state index in [0.717, 1.165) is 24.8 Å². The number of carboxylic acids is 1. The molecule has 0 aliphatic heterocycles. The molecule has 0 saturated carbocycles. The fourth-order valence-electron chi connectivity index (χ4n) is 1.85. The summed E-state index contributed by atoms with van der Waals surface area (Å²) >= 11 is 0. The first-order valence-corrected chi connectivity index (χ1v) is 7.08. The van der Waals surface area contributed by atoms with Crippen molar-refractivity contribution in [2.45, 2.75) is 38.6 Å². The minimum absolute atomic E-state index is 0.118. The largest absolute Gasteiger partial charge is 0.508 e. The highest BCUT2D eigenvalue weighted by Crippen LogP contribution is 2.11. The number of hydrogen-bond donors (Lipinski definition) is 4. The second kappa shape index (κ2) is 8.84. The first kappa shape index (κ1) is 16.8. The summed E-state index contributed by atoms with van der Waals surface area (Å²) in [7, 11) is 0. The first-order chi connectivity index (χ1) is 10.0. The molecular weight excluding hydrogens is 272 g/mol. The predicted octanol–water partition coefficient (Wildman–Crippen LogP) is 1.88. The molecule has 0 radical (unpaired) electrons. The fourth-order valence-corrected chi connectivity index (χ4v) is 1.85. The zero-order valence-corrected chi connectivity index (χ0v) is 12.1. The van der Waals surface area contributed by atoms with E-state index in [1.165, 1.54) is 12.1 Å². The molecule has 4 N–H and O–H groups in total. The summed E-state index contributed by atoms with van der Waals surface area (Å²) in [6, 6.07) is 4.76. The van der Waals surface area contributed by atoms with E-state index < -0.39 is 18.0 Å². The van der Waals surface area contributed by atoms with Crippen LogP contribution < -0.4 is 10.6 Å². The van der Waals surface area contributed by atoms with Crippen molar-refractivity contribution >= 4 is 12.0 Å². The third-order valence-corrected chi connectivity index (χ3v) is 3.05. The van der Waals surface area contributed by atoms with Crippen LogP contribution >= 0.6 is 0 Å². The molecule has 0 aromatic heterocycles. The standard InChI is InChI=1S/C15H22N2O4/c1-2-3-4-9-16-15(21)17-13(14(19)20)10-11-5-7-12(18)8-6-11/h5-8,13,18H,2-4,9-10H2,1H3,(H,19,20)(H2,16,17,21). The van der Waals surface area contributed by atoms with E-state index in [2.05, 4.69) is 17.6 Å². The number of benzene rings is 1. The Bertz CT molecular complexity index is 459. The highest BCUT2D eigenvalue weighted by atomic mass is 16.4. The smallest absolute Gasteiger partial charge is 0.326 e. The third-order valence-electron chi connectivity index (χ3n) is 3.05. The van der Waals surface area contributed by atoms with Gasteiger partial charge in [-0.05, 0) is 24.1 Å². The normalized spacial score (nSPS) is 11.7. The number of unbranched alkanes of at least 4 members (excludes halogenated alkanes) is 2. The molecule has 1 rings (SSSR count). The minimum Gasteiger partial charge on any atom is -0.508 e. The monoisotopic (exact) mass is 294 g/mol. The van der Waals surface area contributed by atoms with Crippen LogP contribution in [0, 0.1) is 0 Å². The van der Waals surface area contributed by atoms with Gasteiger partial charge in [0.05, 0.1) is 0 Å². The topological polar surface area (TPSA) is 98.7 Å². The average Bonchev–Trinajstić information content (AvgIpc) is 2.45. The van der Waals surface area contributed by atoms with Crippen molar-refractivity contribution in [1.82, 2.24) is 10.6 Å². The number of hydrogen-bond acceptors (Lipinski definition) is 3. The zero-order valence-electron chi connectivity index (χ0n) is 12.1. The Balaban J connectivity index is 2.48. The van der Waals surface area contributed by atoms with Crippen LogP contribution in [0.1, 0.15) is 31.7 Å². The maximum absolute atomic E-state index is 11.6. The van der Waals surface area contributed by atoms with Crippen molar-refractivity contribution < 1.29 is 19.8 Å². The van der Waals surface area contributed by atoms with Crippen LogP contribution in [0.2, 0.25) is 0 Å². The second-order valence-electron chi connectivity index (χ2n) is 4.87. The molecule has 1 aromatic carbocycles. The third kappa shape index (κ3) is 6.65. The predicted molar refractivity (Wildman–Crippen MR) is 79.3 cm³/mol. The minimum atomic E-state index is -1.09. The number of phenolic OH excluding ortho intramolecular Hbond substituents is 1. The van der Waals surface area contributed by atoms with Gasteiger partial charge >= 0.3 is 12.0 Å². The number of phenols is 1. The van der Waals surface area contributed by atoms with E-state index in [9.17, 15) is 14.7 Å². The van der Waals surface area contributed by atoms with E-state index in [-0.39, 0.29) is 12.2 Å². The van der Waals surface area contributed by atoms with E-state index in [1.54, 1.807) is 12.1 Å². The van der Waals surface area contributed by atoms with Crippen LogP contribution in [0.3, 0.4) is 0 Å². The number of aliphatic carboxylic acids is 1. The van der Waals surface area contributed by atoms with Gasteiger partial charge in [-0.3, -0.25) is 0 Å². The molecule has 0 spiro atoms. The molecule has 1 aromatic rings. The molecule has 0 saturated heterocycles. The number of nitrogens with one attached hydrogen (secondary N) is 2. The van der Waals surface area contributed by atoms with E-state index in [0.29, 0.717) is 6.54 Å². The summed E-state index contributed by atoms with van der Waals surface area (Å²) in [5.41, 5.74) is 0.728. The molecule has 0 bridgehead atoms. The summed E-state index contributed by atoms with van der Waals surface area (Å²) in [4.78, 5) is 22.8.